The van der Waals surface area contributed by atoms with E-state index < -0.39 is 5.67 Å². The average molecular weight is 307 g/mol. The van der Waals surface area contributed by atoms with Crippen molar-refractivity contribution >= 4 is 28.9 Å². The van der Waals surface area contributed by atoms with E-state index in [-0.39, 0.29) is 11.0 Å². The molecule has 1 aromatic carbocycles. The number of hydrogen-bond donors (Lipinski definition) is 1. The van der Waals surface area contributed by atoms with E-state index in [2.05, 4.69) is 0 Å². The molecule has 0 amide bonds. The molecule has 0 saturated carbocycles. The highest BCUT2D eigenvalue weighted by molar-refractivity contribution is 14.1. The second-order valence-electron chi connectivity index (χ2n) is 2.98. The van der Waals surface area contributed by atoms with Crippen LogP contribution in [0.25, 0.3) is 0 Å². The first kappa shape index (κ1) is 11.6. The van der Waals surface area contributed by atoms with Crippen LogP contribution in [0.3, 0.4) is 0 Å². The van der Waals surface area contributed by atoms with E-state index in [0.29, 0.717) is 17.4 Å². The summed E-state index contributed by atoms with van der Waals surface area (Å²) in [4.78, 5) is 10.7. The van der Waals surface area contributed by atoms with Crippen molar-refractivity contribution in [3.63, 3.8) is 0 Å². The standard InChI is InChI=1S/C10H11FINO/c11-10(6-12,7-14)9-4-2-1-3-8(9)5-13/h1-4,7H,5-6,13H2. The van der Waals surface area contributed by atoms with Gasteiger partial charge in [-0.1, -0.05) is 46.9 Å². The van der Waals surface area contributed by atoms with Gasteiger partial charge < -0.3 is 5.73 Å². The van der Waals surface area contributed by atoms with Crippen LogP contribution in [-0.4, -0.2) is 10.7 Å². The third-order valence-electron chi connectivity index (χ3n) is 2.07. The van der Waals surface area contributed by atoms with Crippen molar-refractivity contribution < 1.29 is 9.18 Å². The Labute approximate surface area is 95.8 Å². The van der Waals surface area contributed by atoms with E-state index in [4.69, 9.17) is 5.73 Å². The van der Waals surface area contributed by atoms with E-state index in [1.807, 2.05) is 22.6 Å². The zero-order chi connectivity index (χ0) is 10.6. The van der Waals surface area contributed by atoms with Crippen LogP contribution >= 0.6 is 22.6 Å². The first-order chi connectivity index (χ1) is 6.68. The summed E-state index contributed by atoms with van der Waals surface area (Å²) in [6.45, 7) is 0.242. The number of halogens is 2. The molecule has 0 radical (unpaired) electrons. The van der Waals surface area contributed by atoms with Crippen molar-refractivity contribution in [2.45, 2.75) is 12.2 Å². The molecule has 0 fully saturated rings. The zero-order valence-corrected chi connectivity index (χ0v) is 9.70. The normalized spacial score (nSPS) is 14.8. The molecule has 0 aliphatic heterocycles. The molecule has 14 heavy (non-hydrogen) atoms. The SMILES string of the molecule is NCc1ccccc1C(F)(C=O)CI. The highest BCUT2D eigenvalue weighted by Gasteiger charge is 2.31. The summed E-state index contributed by atoms with van der Waals surface area (Å²) in [5, 5.41) is 0. The lowest BCUT2D eigenvalue weighted by Crippen LogP contribution is -2.26. The summed E-state index contributed by atoms with van der Waals surface area (Å²) in [5.74, 6) is 0. The van der Waals surface area contributed by atoms with Gasteiger partial charge in [-0.2, -0.15) is 0 Å². The van der Waals surface area contributed by atoms with Crippen molar-refractivity contribution in [1.29, 1.82) is 0 Å². The number of carbonyl (C=O) groups is 1. The fourth-order valence-corrected chi connectivity index (χ4v) is 1.86. The number of rotatable bonds is 4. The smallest absolute Gasteiger partial charge is 0.199 e. The van der Waals surface area contributed by atoms with Gasteiger partial charge in [0.25, 0.3) is 0 Å². The minimum Gasteiger partial charge on any atom is -0.326 e. The van der Waals surface area contributed by atoms with Gasteiger partial charge in [0.1, 0.15) is 0 Å². The van der Waals surface area contributed by atoms with Crippen LogP contribution in [0.1, 0.15) is 11.1 Å². The Balaban J connectivity index is 3.22. The van der Waals surface area contributed by atoms with Crippen LogP contribution in [0.15, 0.2) is 24.3 Å². The largest absolute Gasteiger partial charge is 0.326 e. The molecule has 2 nitrogen and oxygen atoms in total. The monoisotopic (exact) mass is 307 g/mol. The molecule has 76 valence electrons. The van der Waals surface area contributed by atoms with Gasteiger partial charge in [0.2, 0.25) is 0 Å². The number of aldehydes is 1. The van der Waals surface area contributed by atoms with Gasteiger partial charge in [0.05, 0.1) is 0 Å². The van der Waals surface area contributed by atoms with Gasteiger partial charge >= 0.3 is 0 Å². The number of nitrogens with two attached hydrogens (primary N) is 1. The zero-order valence-electron chi connectivity index (χ0n) is 7.54. The van der Waals surface area contributed by atoms with Crippen molar-refractivity contribution in [2.24, 2.45) is 5.73 Å². The highest BCUT2D eigenvalue weighted by Crippen LogP contribution is 2.28. The molecule has 0 heterocycles. The molecule has 1 aromatic rings. The van der Waals surface area contributed by atoms with E-state index in [9.17, 15) is 9.18 Å². The number of alkyl halides is 2. The summed E-state index contributed by atoms with van der Waals surface area (Å²) in [6.07, 6.45) is 0.341. The predicted molar refractivity (Wildman–Crippen MR) is 62.1 cm³/mol. The summed E-state index contributed by atoms with van der Waals surface area (Å²) >= 11 is 1.86. The Hall–Kier alpha value is -0.490. The quantitative estimate of drug-likeness (QED) is 0.525. The van der Waals surface area contributed by atoms with Crippen LogP contribution in [0.2, 0.25) is 0 Å². The maximum Gasteiger partial charge on any atom is 0.199 e. The fourth-order valence-electron chi connectivity index (χ4n) is 1.27. The topological polar surface area (TPSA) is 43.1 Å². The van der Waals surface area contributed by atoms with Crippen LogP contribution in [0.4, 0.5) is 4.39 Å². The van der Waals surface area contributed by atoms with Gasteiger partial charge in [-0.25, -0.2) is 4.39 Å². The predicted octanol–water partition coefficient (Wildman–Crippen LogP) is 1.94. The van der Waals surface area contributed by atoms with Gasteiger partial charge in [0.15, 0.2) is 12.0 Å². The molecular weight excluding hydrogens is 296 g/mol. The molecular formula is C10H11FINO. The molecule has 1 atom stereocenters. The van der Waals surface area contributed by atoms with Crippen molar-refractivity contribution in [3.8, 4) is 0 Å². The minimum atomic E-state index is -1.91. The maximum absolute atomic E-state index is 14.0. The second kappa shape index (κ2) is 4.84. The Morgan fingerprint density at radius 3 is 2.64 bits per heavy atom. The Bertz CT molecular complexity index is 332. The molecule has 0 saturated heterocycles. The van der Waals surface area contributed by atoms with E-state index in [1.54, 1.807) is 24.3 Å². The Kier molecular flexibility index (Phi) is 4.00. The molecule has 1 rings (SSSR count). The van der Waals surface area contributed by atoms with Crippen molar-refractivity contribution in [3.05, 3.63) is 35.4 Å². The average Bonchev–Trinajstić information content (AvgIpc) is 2.28. The van der Waals surface area contributed by atoms with Crippen LogP contribution in [0, 0.1) is 0 Å². The van der Waals surface area contributed by atoms with Gasteiger partial charge in [-0.05, 0) is 5.56 Å². The lowest BCUT2D eigenvalue weighted by atomic mass is 9.94. The second-order valence-corrected chi connectivity index (χ2v) is 3.74. The molecule has 0 aromatic heterocycles. The first-order valence-corrected chi connectivity index (χ1v) is 5.70. The molecule has 1 unspecified atom stereocenters. The third kappa shape index (κ3) is 2.12. The summed E-state index contributed by atoms with van der Waals surface area (Å²) in [7, 11) is 0. The molecule has 2 N–H and O–H groups in total. The van der Waals surface area contributed by atoms with E-state index in [1.165, 1.54) is 0 Å². The first-order valence-electron chi connectivity index (χ1n) is 4.17. The number of benzene rings is 1. The van der Waals surface area contributed by atoms with Crippen LogP contribution in [0.5, 0.6) is 0 Å². The number of carbonyl (C=O) groups excluding carboxylic acids is 1. The highest BCUT2D eigenvalue weighted by atomic mass is 127. The number of hydrogen-bond acceptors (Lipinski definition) is 2. The Morgan fingerprint density at radius 1 is 1.50 bits per heavy atom. The molecule has 4 heteroatoms. The molecule has 0 aliphatic carbocycles. The van der Waals surface area contributed by atoms with E-state index in [0.717, 1.165) is 0 Å². The van der Waals surface area contributed by atoms with Gasteiger partial charge in [0, 0.05) is 16.5 Å². The summed E-state index contributed by atoms with van der Waals surface area (Å²) in [5.41, 5.74) is 4.63. The molecule has 0 bridgehead atoms. The van der Waals surface area contributed by atoms with Crippen molar-refractivity contribution in [1.82, 2.24) is 0 Å². The van der Waals surface area contributed by atoms with Crippen molar-refractivity contribution in [2.75, 3.05) is 4.43 Å². The van der Waals surface area contributed by atoms with Gasteiger partial charge in [-0.15, -0.1) is 0 Å². The van der Waals surface area contributed by atoms with E-state index >= 15 is 0 Å². The lowest BCUT2D eigenvalue weighted by Gasteiger charge is -2.19. The van der Waals surface area contributed by atoms with Crippen LogP contribution < -0.4 is 5.73 Å². The Morgan fingerprint density at radius 2 is 2.14 bits per heavy atom. The lowest BCUT2D eigenvalue weighted by molar-refractivity contribution is -0.116. The van der Waals surface area contributed by atoms with Gasteiger partial charge in [-0.3, -0.25) is 4.79 Å². The summed E-state index contributed by atoms with van der Waals surface area (Å²) < 4.78 is 14.1. The summed E-state index contributed by atoms with van der Waals surface area (Å²) in [6, 6.07) is 6.83. The molecule has 0 spiro atoms. The minimum absolute atomic E-state index is 0.102. The fraction of sp³-hybridized carbons (Fsp3) is 0.300. The van der Waals surface area contributed by atoms with Crippen LogP contribution in [-0.2, 0) is 17.0 Å². The molecule has 0 aliphatic rings. The maximum atomic E-state index is 14.0. The third-order valence-corrected chi connectivity index (χ3v) is 3.18.